The van der Waals surface area contributed by atoms with E-state index in [0.29, 0.717) is 6.04 Å². The summed E-state index contributed by atoms with van der Waals surface area (Å²) in [4.78, 5) is 2.57. The van der Waals surface area contributed by atoms with Crippen LogP contribution in [-0.4, -0.2) is 18.1 Å². The Kier molecular flexibility index (Phi) is 4.19. The van der Waals surface area contributed by atoms with Gasteiger partial charge in [0.15, 0.2) is 0 Å². The predicted octanol–water partition coefficient (Wildman–Crippen LogP) is 3.81. The highest BCUT2D eigenvalue weighted by Crippen LogP contribution is 2.31. The minimum atomic E-state index is 0.164. The molecule has 1 aliphatic heterocycles. The van der Waals surface area contributed by atoms with Crippen LogP contribution in [0.5, 0.6) is 0 Å². The first-order valence-electron chi connectivity index (χ1n) is 7.46. The van der Waals surface area contributed by atoms with E-state index in [0.717, 1.165) is 12.5 Å². The first-order chi connectivity index (χ1) is 8.87. The Morgan fingerprint density at radius 1 is 1.21 bits per heavy atom. The smallest absolute Gasteiger partial charge is 0.0414 e. The van der Waals surface area contributed by atoms with Gasteiger partial charge in [-0.3, -0.25) is 0 Å². The minimum Gasteiger partial charge on any atom is -0.368 e. The van der Waals surface area contributed by atoms with Crippen molar-refractivity contribution < 1.29 is 0 Å². The van der Waals surface area contributed by atoms with Crippen LogP contribution in [0, 0.1) is 5.92 Å². The number of nitrogens with one attached hydrogen (secondary N) is 1. The lowest BCUT2D eigenvalue weighted by Crippen LogP contribution is -2.36. The maximum Gasteiger partial charge on any atom is 0.0414 e. The lowest BCUT2D eigenvalue weighted by molar-refractivity contribution is 0.424. The Bertz CT molecular complexity index is 420. The zero-order valence-electron chi connectivity index (χ0n) is 13.0. The summed E-state index contributed by atoms with van der Waals surface area (Å²) in [6.07, 6.45) is 1.31. The molecule has 1 N–H and O–H groups in total. The van der Waals surface area contributed by atoms with E-state index in [1.807, 2.05) is 0 Å². The second-order valence-corrected chi connectivity index (χ2v) is 7.07. The lowest BCUT2D eigenvalue weighted by atomic mass is 10.1. The number of benzene rings is 1. The molecule has 1 aliphatic rings. The van der Waals surface area contributed by atoms with Crippen LogP contribution in [0.25, 0.3) is 0 Å². The number of rotatable bonds is 3. The molecule has 0 aromatic heterocycles. The second kappa shape index (κ2) is 5.54. The van der Waals surface area contributed by atoms with E-state index in [4.69, 9.17) is 0 Å². The average molecular weight is 260 g/mol. The van der Waals surface area contributed by atoms with Gasteiger partial charge in [0.25, 0.3) is 0 Å². The fraction of sp³-hybridized carbons (Fsp3) is 0.647. The molecule has 1 aromatic carbocycles. The molecular formula is C17H28N2. The maximum absolute atomic E-state index is 3.60. The van der Waals surface area contributed by atoms with E-state index in [1.165, 1.54) is 24.2 Å². The molecule has 2 nitrogen and oxygen atoms in total. The van der Waals surface area contributed by atoms with Crippen molar-refractivity contribution in [3.8, 4) is 0 Å². The molecule has 1 heterocycles. The Labute approximate surface area is 118 Å². The van der Waals surface area contributed by atoms with Gasteiger partial charge in [-0.15, -0.1) is 0 Å². The van der Waals surface area contributed by atoms with E-state index >= 15 is 0 Å². The second-order valence-electron chi connectivity index (χ2n) is 7.07. The van der Waals surface area contributed by atoms with Crippen molar-refractivity contribution in [3.05, 3.63) is 29.8 Å². The van der Waals surface area contributed by atoms with Gasteiger partial charge < -0.3 is 10.2 Å². The van der Waals surface area contributed by atoms with E-state index in [-0.39, 0.29) is 5.54 Å². The molecule has 0 aliphatic carbocycles. The molecule has 1 fully saturated rings. The highest BCUT2D eigenvalue weighted by atomic mass is 15.2. The maximum atomic E-state index is 3.60. The van der Waals surface area contributed by atoms with Crippen molar-refractivity contribution in [1.82, 2.24) is 5.32 Å². The Morgan fingerprint density at radius 3 is 2.47 bits per heavy atom. The number of para-hydroxylation sites is 1. The summed E-state index contributed by atoms with van der Waals surface area (Å²) in [5.41, 5.74) is 2.99. The molecular weight excluding hydrogens is 232 g/mol. The van der Waals surface area contributed by atoms with E-state index < -0.39 is 0 Å². The average Bonchev–Trinajstić information content (AvgIpc) is 2.65. The third-order valence-electron chi connectivity index (χ3n) is 3.89. The van der Waals surface area contributed by atoms with Crippen molar-refractivity contribution in [3.63, 3.8) is 0 Å². The lowest BCUT2D eigenvalue weighted by Gasteiger charge is -2.28. The van der Waals surface area contributed by atoms with Gasteiger partial charge >= 0.3 is 0 Å². The van der Waals surface area contributed by atoms with Gasteiger partial charge in [0.2, 0.25) is 0 Å². The first-order valence-corrected chi connectivity index (χ1v) is 7.46. The van der Waals surface area contributed by atoms with Crippen LogP contribution in [0.15, 0.2) is 24.3 Å². The van der Waals surface area contributed by atoms with Gasteiger partial charge in [0.05, 0.1) is 0 Å². The molecule has 106 valence electrons. The van der Waals surface area contributed by atoms with Gasteiger partial charge in [-0.2, -0.15) is 0 Å². The van der Waals surface area contributed by atoms with Crippen LogP contribution in [0.1, 0.15) is 46.6 Å². The topological polar surface area (TPSA) is 15.3 Å². The fourth-order valence-electron chi connectivity index (χ4n) is 2.94. The quantitative estimate of drug-likeness (QED) is 0.889. The third kappa shape index (κ3) is 3.73. The Hall–Kier alpha value is -1.02. The standard InChI is InChI=1S/C17H28N2/c1-13-10-14(2)19(12-13)16-9-7-6-8-15(16)11-18-17(3,4)5/h6-9,13-14,18H,10-12H2,1-5H3. The van der Waals surface area contributed by atoms with Gasteiger partial charge in [0, 0.05) is 30.4 Å². The number of nitrogens with zero attached hydrogens (tertiary/aromatic N) is 1. The molecule has 1 saturated heterocycles. The molecule has 2 unspecified atom stereocenters. The van der Waals surface area contributed by atoms with Crippen LogP contribution in [0.2, 0.25) is 0 Å². The molecule has 0 bridgehead atoms. The third-order valence-corrected chi connectivity index (χ3v) is 3.89. The summed E-state index contributed by atoms with van der Waals surface area (Å²) >= 11 is 0. The highest BCUT2D eigenvalue weighted by Gasteiger charge is 2.27. The number of hydrogen-bond donors (Lipinski definition) is 1. The fourth-order valence-corrected chi connectivity index (χ4v) is 2.94. The first kappa shape index (κ1) is 14.4. The summed E-state index contributed by atoms with van der Waals surface area (Å²) in [5.74, 6) is 0.804. The van der Waals surface area contributed by atoms with Crippen LogP contribution >= 0.6 is 0 Å². The Morgan fingerprint density at radius 2 is 1.89 bits per heavy atom. The zero-order valence-corrected chi connectivity index (χ0v) is 13.0. The van der Waals surface area contributed by atoms with E-state index in [1.54, 1.807) is 0 Å². The zero-order chi connectivity index (χ0) is 14.0. The summed E-state index contributed by atoms with van der Waals surface area (Å²) in [7, 11) is 0. The Balaban J connectivity index is 2.17. The molecule has 0 saturated carbocycles. The van der Waals surface area contributed by atoms with Crippen molar-refractivity contribution in [2.75, 3.05) is 11.4 Å². The van der Waals surface area contributed by atoms with Crippen LogP contribution in [0.3, 0.4) is 0 Å². The normalized spacial score (nSPS) is 23.9. The van der Waals surface area contributed by atoms with Crippen LogP contribution in [0.4, 0.5) is 5.69 Å². The van der Waals surface area contributed by atoms with Gasteiger partial charge in [-0.25, -0.2) is 0 Å². The largest absolute Gasteiger partial charge is 0.368 e. The van der Waals surface area contributed by atoms with Crippen LogP contribution < -0.4 is 10.2 Å². The summed E-state index contributed by atoms with van der Waals surface area (Å²) in [5, 5.41) is 3.60. The molecule has 0 radical (unpaired) electrons. The van der Waals surface area contributed by atoms with E-state index in [2.05, 4.69) is 69.1 Å². The predicted molar refractivity (Wildman–Crippen MR) is 83.6 cm³/mol. The number of anilines is 1. The number of hydrogen-bond acceptors (Lipinski definition) is 2. The SMILES string of the molecule is CC1CC(C)N(c2ccccc2CNC(C)(C)C)C1. The molecule has 19 heavy (non-hydrogen) atoms. The van der Waals surface area contributed by atoms with Gasteiger partial charge in [0.1, 0.15) is 0 Å². The monoisotopic (exact) mass is 260 g/mol. The molecule has 0 spiro atoms. The van der Waals surface area contributed by atoms with Crippen LogP contribution in [-0.2, 0) is 6.54 Å². The van der Waals surface area contributed by atoms with Crippen molar-refractivity contribution >= 4 is 5.69 Å². The summed E-state index contributed by atoms with van der Waals surface area (Å²) in [6, 6.07) is 9.49. The summed E-state index contributed by atoms with van der Waals surface area (Å²) in [6.45, 7) is 13.5. The molecule has 2 atom stereocenters. The molecule has 0 amide bonds. The molecule has 2 rings (SSSR count). The van der Waals surface area contributed by atoms with Crippen molar-refractivity contribution in [2.45, 2.75) is 59.2 Å². The van der Waals surface area contributed by atoms with Gasteiger partial charge in [-0.05, 0) is 51.7 Å². The summed E-state index contributed by atoms with van der Waals surface area (Å²) < 4.78 is 0. The van der Waals surface area contributed by atoms with Crippen molar-refractivity contribution in [2.24, 2.45) is 5.92 Å². The molecule has 1 aromatic rings. The van der Waals surface area contributed by atoms with E-state index in [9.17, 15) is 0 Å². The van der Waals surface area contributed by atoms with Gasteiger partial charge in [-0.1, -0.05) is 25.1 Å². The minimum absolute atomic E-state index is 0.164. The highest BCUT2D eigenvalue weighted by molar-refractivity contribution is 5.55. The molecule has 2 heteroatoms. The van der Waals surface area contributed by atoms with Crippen molar-refractivity contribution in [1.29, 1.82) is 0 Å².